The average molecular weight is 319 g/mol. The van der Waals surface area contributed by atoms with Crippen LogP contribution in [0, 0.1) is 0 Å². The number of rotatable bonds is 2. The lowest BCUT2D eigenvalue weighted by Crippen LogP contribution is -2.47. The molecule has 1 fully saturated rings. The Hall–Kier alpha value is -2.95. The van der Waals surface area contributed by atoms with Crippen molar-refractivity contribution in [2.24, 2.45) is 0 Å². The number of nitrogens with zero attached hydrogens (tertiary/aromatic N) is 3. The van der Waals surface area contributed by atoms with Crippen molar-refractivity contribution in [2.45, 2.75) is 12.8 Å². The van der Waals surface area contributed by atoms with Gasteiger partial charge in [-0.25, -0.2) is 0 Å². The first-order chi connectivity index (χ1) is 11.6. The Kier molecular flexibility index (Phi) is 3.41. The van der Waals surface area contributed by atoms with E-state index >= 15 is 0 Å². The SMILES string of the molecule is CC(=O)N1CC(c2ccc3nnc(-c4ccccc4O)cc3c2)C1. The molecule has 0 spiro atoms. The predicted molar refractivity (Wildman–Crippen MR) is 91.6 cm³/mol. The third-order valence-electron chi connectivity index (χ3n) is 4.59. The number of hydrogen-bond donors (Lipinski definition) is 1. The summed E-state index contributed by atoms with van der Waals surface area (Å²) in [6.45, 7) is 3.14. The molecule has 1 amide bonds. The van der Waals surface area contributed by atoms with Gasteiger partial charge in [0, 0.05) is 36.9 Å². The van der Waals surface area contributed by atoms with Gasteiger partial charge in [-0.2, -0.15) is 0 Å². The normalized spacial score (nSPS) is 14.6. The van der Waals surface area contributed by atoms with Crippen LogP contribution in [0.5, 0.6) is 5.75 Å². The zero-order chi connectivity index (χ0) is 16.7. The van der Waals surface area contributed by atoms with Gasteiger partial charge in [0.1, 0.15) is 5.75 Å². The molecule has 2 aromatic carbocycles. The summed E-state index contributed by atoms with van der Waals surface area (Å²) in [6, 6.07) is 15.2. The molecule has 1 aliphatic heterocycles. The predicted octanol–water partition coefficient (Wildman–Crippen LogP) is 2.95. The van der Waals surface area contributed by atoms with Gasteiger partial charge in [0.25, 0.3) is 0 Å². The van der Waals surface area contributed by atoms with Gasteiger partial charge in [-0.1, -0.05) is 18.2 Å². The third-order valence-corrected chi connectivity index (χ3v) is 4.59. The summed E-state index contributed by atoms with van der Waals surface area (Å²) in [4.78, 5) is 13.2. The van der Waals surface area contributed by atoms with Crippen LogP contribution in [0.2, 0.25) is 0 Å². The van der Waals surface area contributed by atoms with E-state index in [9.17, 15) is 9.90 Å². The summed E-state index contributed by atoms with van der Waals surface area (Å²) in [5.41, 5.74) is 3.34. The second kappa shape index (κ2) is 5.60. The van der Waals surface area contributed by atoms with Crippen molar-refractivity contribution in [2.75, 3.05) is 13.1 Å². The number of carbonyl (C=O) groups excluding carboxylic acids is 1. The topological polar surface area (TPSA) is 66.3 Å². The summed E-state index contributed by atoms with van der Waals surface area (Å²) < 4.78 is 0. The molecule has 120 valence electrons. The Labute approximate surface area is 139 Å². The average Bonchev–Trinajstić information content (AvgIpc) is 2.53. The lowest BCUT2D eigenvalue weighted by Gasteiger charge is -2.39. The van der Waals surface area contributed by atoms with Crippen LogP contribution in [-0.4, -0.2) is 39.2 Å². The molecule has 0 bridgehead atoms. The van der Waals surface area contributed by atoms with Gasteiger partial charge in [-0.3, -0.25) is 4.79 Å². The zero-order valence-electron chi connectivity index (χ0n) is 13.3. The van der Waals surface area contributed by atoms with Crippen molar-refractivity contribution in [3.8, 4) is 17.0 Å². The molecule has 0 saturated carbocycles. The van der Waals surface area contributed by atoms with Crippen LogP contribution in [0.1, 0.15) is 18.4 Å². The minimum Gasteiger partial charge on any atom is -0.507 e. The number of aromatic hydroxyl groups is 1. The maximum atomic E-state index is 11.3. The lowest BCUT2D eigenvalue weighted by molar-refractivity contribution is -0.133. The Morgan fingerprint density at radius 1 is 1.12 bits per heavy atom. The minimum atomic E-state index is 0.125. The number of amides is 1. The van der Waals surface area contributed by atoms with Gasteiger partial charge in [0.05, 0.1) is 11.2 Å². The lowest BCUT2D eigenvalue weighted by atomic mass is 9.90. The second-order valence-corrected chi connectivity index (χ2v) is 6.19. The van der Waals surface area contributed by atoms with Crippen molar-refractivity contribution >= 4 is 16.8 Å². The van der Waals surface area contributed by atoms with Crippen LogP contribution >= 0.6 is 0 Å². The monoisotopic (exact) mass is 319 g/mol. The first-order valence-electron chi connectivity index (χ1n) is 7.93. The van der Waals surface area contributed by atoms with E-state index in [2.05, 4.69) is 22.3 Å². The van der Waals surface area contributed by atoms with Crippen molar-refractivity contribution < 1.29 is 9.90 Å². The van der Waals surface area contributed by atoms with E-state index in [4.69, 9.17) is 0 Å². The Morgan fingerprint density at radius 3 is 2.67 bits per heavy atom. The highest BCUT2D eigenvalue weighted by Gasteiger charge is 2.29. The Bertz CT molecular complexity index is 933. The van der Waals surface area contributed by atoms with E-state index in [-0.39, 0.29) is 11.7 Å². The van der Waals surface area contributed by atoms with Gasteiger partial charge in [0.15, 0.2) is 0 Å². The van der Waals surface area contributed by atoms with E-state index < -0.39 is 0 Å². The number of phenols is 1. The maximum absolute atomic E-state index is 11.3. The fraction of sp³-hybridized carbons (Fsp3) is 0.211. The summed E-state index contributed by atoms with van der Waals surface area (Å²) in [5, 5.41) is 19.5. The minimum absolute atomic E-state index is 0.125. The number of carbonyl (C=O) groups is 1. The molecule has 5 nitrogen and oxygen atoms in total. The summed E-state index contributed by atoms with van der Waals surface area (Å²) >= 11 is 0. The van der Waals surface area contributed by atoms with Crippen LogP contribution in [-0.2, 0) is 4.79 Å². The first-order valence-corrected chi connectivity index (χ1v) is 7.93. The molecule has 0 unspecified atom stereocenters. The van der Waals surface area contributed by atoms with Gasteiger partial charge in [0.2, 0.25) is 5.91 Å². The highest BCUT2D eigenvalue weighted by atomic mass is 16.3. The second-order valence-electron chi connectivity index (χ2n) is 6.19. The Morgan fingerprint density at radius 2 is 1.92 bits per heavy atom. The number of fused-ring (bicyclic) bond motifs is 1. The summed E-state index contributed by atoms with van der Waals surface area (Å²) in [7, 11) is 0. The van der Waals surface area contributed by atoms with Gasteiger partial charge in [-0.15, -0.1) is 10.2 Å². The molecule has 0 aliphatic carbocycles. The van der Waals surface area contributed by atoms with Crippen LogP contribution in [0.4, 0.5) is 0 Å². The van der Waals surface area contributed by atoms with Crippen molar-refractivity contribution in [1.29, 1.82) is 0 Å². The number of likely N-dealkylation sites (tertiary alicyclic amines) is 1. The molecule has 2 heterocycles. The fourth-order valence-corrected chi connectivity index (χ4v) is 3.09. The molecule has 5 heteroatoms. The van der Waals surface area contributed by atoms with E-state index in [1.807, 2.05) is 29.2 Å². The van der Waals surface area contributed by atoms with Crippen molar-refractivity contribution in [1.82, 2.24) is 15.1 Å². The largest absolute Gasteiger partial charge is 0.507 e. The molecule has 0 radical (unpaired) electrons. The van der Waals surface area contributed by atoms with E-state index in [0.29, 0.717) is 17.2 Å². The number of para-hydroxylation sites is 1. The van der Waals surface area contributed by atoms with Crippen LogP contribution in [0.25, 0.3) is 22.2 Å². The van der Waals surface area contributed by atoms with Crippen LogP contribution in [0.15, 0.2) is 48.5 Å². The molecule has 1 saturated heterocycles. The van der Waals surface area contributed by atoms with E-state index in [1.54, 1.807) is 19.1 Å². The van der Waals surface area contributed by atoms with Gasteiger partial charge >= 0.3 is 0 Å². The van der Waals surface area contributed by atoms with Gasteiger partial charge in [-0.05, 0) is 35.9 Å². The molecule has 4 rings (SSSR count). The number of hydrogen-bond acceptors (Lipinski definition) is 4. The zero-order valence-corrected chi connectivity index (χ0v) is 13.3. The molecular weight excluding hydrogens is 302 g/mol. The van der Waals surface area contributed by atoms with Crippen LogP contribution < -0.4 is 0 Å². The highest BCUT2D eigenvalue weighted by Crippen LogP contribution is 2.31. The highest BCUT2D eigenvalue weighted by molar-refractivity contribution is 5.83. The number of aromatic nitrogens is 2. The molecule has 0 atom stereocenters. The smallest absolute Gasteiger partial charge is 0.219 e. The maximum Gasteiger partial charge on any atom is 0.219 e. The number of benzene rings is 2. The van der Waals surface area contributed by atoms with Crippen molar-refractivity contribution in [3.05, 3.63) is 54.1 Å². The fourth-order valence-electron chi connectivity index (χ4n) is 3.09. The quantitative estimate of drug-likeness (QED) is 0.788. The molecule has 1 aliphatic rings. The molecular formula is C19H17N3O2. The standard InChI is InChI=1S/C19H17N3O2/c1-12(23)22-10-15(11-22)13-6-7-17-14(8-13)9-18(21-20-17)16-4-2-3-5-19(16)24/h2-9,15,24H,10-11H2,1H3. The first kappa shape index (κ1) is 14.6. The van der Waals surface area contributed by atoms with E-state index in [0.717, 1.165) is 24.0 Å². The Balaban J connectivity index is 1.69. The number of phenolic OH excluding ortho intramolecular Hbond substituents is 1. The van der Waals surface area contributed by atoms with E-state index in [1.165, 1.54) is 5.56 Å². The van der Waals surface area contributed by atoms with Gasteiger partial charge < -0.3 is 10.0 Å². The summed E-state index contributed by atoms with van der Waals surface area (Å²) in [6.07, 6.45) is 0. The third kappa shape index (κ3) is 2.48. The molecule has 3 aromatic rings. The molecule has 24 heavy (non-hydrogen) atoms. The summed E-state index contributed by atoms with van der Waals surface area (Å²) in [5.74, 6) is 0.693. The molecule has 1 N–H and O–H groups in total. The van der Waals surface area contributed by atoms with Crippen molar-refractivity contribution in [3.63, 3.8) is 0 Å². The van der Waals surface area contributed by atoms with Crippen LogP contribution in [0.3, 0.4) is 0 Å². The molecule has 1 aromatic heterocycles.